The van der Waals surface area contributed by atoms with Gasteiger partial charge in [0.25, 0.3) is 5.91 Å². The summed E-state index contributed by atoms with van der Waals surface area (Å²) >= 11 is 1.45. The molecule has 0 saturated carbocycles. The summed E-state index contributed by atoms with van der Waals surface area (Å²) in [7, 11) is 0. The van der Waals surface area contributed by atoms with Gasteiger partial charge in [0.05, 0.1) is 22.5 Å². The predicted molar refractivity (Wildman–Crippen MR) is 108 cm³/mol. The van der Waals surface area contributed by atoms with Gasteiger partial charge >= 0.3 is 0 Å². The Morgan fingerprint density at radius 2 is 1.93 bits per heavy atom. The second-order valence-corrected chi connectivity index (χ2v) is 7.49. The highest BCUT2D eigenvalue weighted by atomic mass is 32.1. The van der Waals surface area contributed by atoms with Gasteiger partial charge in [0.1, 0.15) is 19.0 Å². The molecular formula is C21H17N3O3S. The quantitative estimate of drug-likeness (QED) is 0.551. The lowest BCUT2D eigenvalue weighted by Crippen LogP contribution is -2.22. The van der Waals surface area contributed by atoms with Crippen molar-refractivity contribution in [1.29, 1.82) is 0 Å². The molecular weight excluding hydrogens is 374 g/mol. The van der Waals surface area contributed by atoms with Gasteiger partial charge in [0, 0.05) is 4.88 Å². The minimum absolute atomic E-state index is 0.116. The average Bonchev–Trinajstić information content (AvgIpc) is 3.38. The molecule has 0 bridgehead atoms. The van der Waals surface area contributed by atoms with E-state index in [4.69, 9.17) is 9.47 Å². The molecule has 140 valence electrons. The molecule has 0 atom stereocenters. The van der Waals surface area contributed by atoms with Gasteiger partial charge in [-0.2, -0.15) is 0 Å². The van der Waals surface area contributed by atoms with E-state index in [1.807, 2.05) is 54.6 Å². The van der Waals surface area contributed by atoms with Crippen molar-refractivity contribution in [3.8, 4) is 21.9 Å². The Labute approximate surface area is 165 Å². The summed E-state index contributed by atoms with van der Waals surface area (Å²) in [5, 5.41) is 2.92. The van der Waals surface area contributed by atoms with Crippen LogP contribution in [0.4, 0.5) is 0 Å². The van der Waals surface area contributed by atoms with E-state index in [2.05, 4.69) is 15.3 Å². The normalized spacial score (nSPS) is 12.9. The molecule has 0 radical (unpaired) electrons. The van der Waals surface area contributed by atoms with E-state index in [0.29, 0.717) is 24.6 Å². The number of amides is 1. The summed E-state index contributed by atoms with van der Waals surface area (Å²) < 4.78 is 11.2. The number of nitrogens with one attached hydrogen (secondary N) is 2. The number of nitrogens with zero attached hydrogens (tertiary/aromatic N) is 1. The van der Waals surface area contributed by atoms with Crippen molar-refractivity contribution in [2.24, 2.45) is 0 Å². The third kappa shape index (κ3) is 3.20. The predicted octanol–water partition coefficient (Wildman–Crippen LogP) is 3.99. The highest BCUT2D eigenvalue weighted by Crippen LogP contribution is 2.36. The maximum Gasteiger partial charge on any atom is 0.261 e. The van der Waals surface area contributed by atoms with Gasteiger partial charge in [-0.15, -0.1) is 11.3 Å². The number of fused-ring (bicyclic) bond motifs is 2. The molecule has 0 unspecified atom stereocenters. The van der Waals surface area contributed by atoms with Crippen LogP contribution in [0.3, 0.4) is 0 Å². The number of H-pyrrole nitrogens is 1. The van der Waals surface area contributed by atoms with Gasteiger partial charge in [-0.25, -0.2) is 4.98 Å². The molecule has 5 rings (SSSR count). The van der Waals surface area contributed by atoms with Gasteiger partial charge in [-0.3, -0.25) is 4.79 Å². The first kappa shape index (κ1) is 16.8. The zero-order valence-electron chi connectivity index (χ0n) is 14.9. The number of carbonyl (C=O) groups excluding carboxylic acids is 1. The summed E-state index contributed by atoms with van der Waals surface area (Å²) in [4.78, 5) is 21.9. The Bertz CT molecular complexity index is 1130. The molecule has 0 fully saturated rings. The third-order valence-corrected chi connectivity index (χ3v) is 5.64. The van der Waals surface area contributed by atoms with E-state index in [1.165, 1.54) is 11.3 Å². The van der Waals surface area contributed by atoms with E-state index < -0.39 is 0 Å². The number of aromatic amines is 1. The SMILES string of the molecule is O=C(NCc1nc2ccccc2[nH]1)c1ccc(-c2ccc3c(c2)OCCO3)s1. The number of hydrogen-bond acceptors (Lipinski definition) is 5. The molecule has 0 spiro atoms. The number of aromatic nitrogens is 2. The van der Waals surface area contributed by atoms with Crippen molar-refractivity contribution in [2.75, 3.05) is 13.2 Å². The van der Waals surface area contributed by atoms with E-state index in [0.717, 1.165) is 38.8 Å². The van der Waals surface area contributed by atoms with Crippen LogP contribution < -0.4 is 14.8 Å². The van der Waals surface area contributed by atoms with Crippen LogP contribution in [0.2, 0.25) is 0 Å². The maximum absolute atomic E-state index is 12.5. The molecule has 2 aromatic carbocycles. The molecule has 1 aliphatic rings. The lowest BCUT2D eigenvalue weighted by molar-refractivity contribution is 0.0954. The number of para-hydroxylation sites is 2. The molecule has 4 aromatic rings. The first-order valence-electron chi connectivity index (χ1n) is 8.98. The van der Waals surface area contributed by atoms with Crippen molar-refractivity contribution in [3.05, 3.63) is 65.3 Å². The Kier molecular flexibility index (Phi) is 4.21. The summed E-state index contributed by atoms with van der Waals surface area (Å²) in [6, 6.07) is 17.4. The Morgan fingerprint density at radius 3 is 2.82 bits per heavy atom. The maximum atomic E-state index is 12.5. The first-order chi connectivity index (χ1) is 13.8. The molecule has 0 saturated heterocycles. The van der Waals surface area contributed by atoms with Crippen LogP contribution in [0.15, 0.2) is 54.6 Å². The summed E-state index contributed by atoms with van der Waals surface area (Å²) in [6.45, 7) is 1.47. The Morgan fingerprint density at radius 1 is 1.07 bits per heavy atom. The smallest absolute Gasteiger partial charge is 0.261 e. The summed E-state index contributed by atoms with van der Waals surface area (Å²) in [5.41, 5.74) is 2.86. The average molecular weight is 391 g/mol. The van der Waals surface area contributed by atoms with Crippen LogP contribution in [0, 0.1) is 0 Å². The van der Waals surface area contributed by atoms with Gasteiger partial charge in [-0.1, -0.05) is 12.1 Å². The number of imidazole rings is 1. The van der Waals surface area contributed by atoms with Crippen molar-refractivity contribution < 1.29 is 14.3 Å². The Balaban J connectivity index is 1.29. The highest BCUT2D eigenvalue weighted by molar-refractivity contribution is 7.17. The molecule has 28 heavy (non-hydrogen) atoms. The minimum Gasteiger partial charge on any atom is -0.486 e. The largest absolute Gasteiger partial charge is 0.486 e. The molecule has 7 heteroatoms. The number of benzene rings is 2. The van der Waals surface area contributed by atoms with Gasteiger partial charge in [-0.05, 0) is 48.0 Å². The van der Waals surface area contributed by atoms with Gasteiger partial charge < -0.3 is 19.8 Å². The highest BCUT2D eigenvalue weighted by Gasteiger charge is 2.15. The standard InChI is InChI=1S/C21H17N3O3S/c25-21(22-12-20-23-14-3-1-2-4-15(14)24-20)19-8-7-18(28-19)13-5-6-16-17(11-13)27-10-9-26-16/h1-8,11H,9-10,12H2,(H,22,25)(H,23,24). The fraction of sp³-hybridized carbons (Fsp3) is 0.143. The van der Waals surface area contributed by atoms with Crippen LogP contribution in [0.25, 0.3) is 21.5 Å². The zero-order chi connectivity index (χ0) is 18.9. The van der Waals surface area contributed by atoms with E-state index in [9.17, 15) is 4.79 Å². The number of hydrogen-bond donors (Lipinski definition) is 2. The van der Waals surface area contributed by atoms with Crippen LogP contribution >= 0.6 is 11.3 Å². The molecule has 2 N–H and O–H groups in total. The van der Waals surface area contributed by atoms with Crippen molar-refractivity contribution in [3.63, 3.8) is 0 Å². The summed E-state index contributed by atoms with van der Waals surface area (Å²) in [5.74, 6) is 2.12. The first-order valence-corrected chi connectivity index (χ1v) is 9.79. The topological polar surface area (TPSA) is 76.2 Å². The molecule has 6 nitrogen and oxygen atoms in total. The van der Waals surface area contributed by atoms with Crippen molar-refractivity contribution >= 4 is 28.3 Å². The lowest BCUT2D eigenvalue weighted by atomic mass is 10.1. The molecule has 1 amide bonds. The lowest BCUT2D eigenvalue weighted by Gasteiger charge is -2.18. The third-order valence-electron chi connectivity index (χ3n) is 4.51. The van der Waals surface area contributed by atoms with Crippen LogP contribution in [0.1, 0.15) is 15.5 Å². The molecule has 3 heterocycles. The van der Waals surface area contributed by atoms with Crippen molar-refractivity contribution in [2.45, 2.75) is 6.54 Å². The number of thiophene rings is 1. The number of ether oxygens (including phenoxy) is 2. The molecule has 2 aromatic heterocycles. The number of rotatable bonds is 4. The van der Waals surface area contributed by atoms with E-state index >= 15 is 0 Å². The molecule has 0 aliphatic carbocycles. The minimum atomic E-state index is -0.116. The van der Waals surface area contributed by atoms with Crippen LogP contribution in [0.5, 0.6) is 11.5 Å². The summed E-state index contributed by atoms with van der Waals surface area (Å²) in [6.07, 6.45) is 0. The number of carbonyl (C=O) groups is 1. The second kappa shape index (κ2) is 7.01. The van der Waals surface area contributed by atoms with Gasteiger partial charge in [0.15, 0.2) is 11.5 Å². The van der Waals surface area contributed by atoms with Crippen LogP contribution in [-0.2, 0) is 6.54 Å². The van der Waals surface area contributed by atoms with E-state index in [-0.39, 0.29) is 5.91 Å². The zero-order valence-corrected chi connectivity index (χ0v) is 15.7. The van der Waals surface area contributed by atoms with Crippen molar-refractivity contribution in [1.82, 2.24) is 15.3 Å². The van der Waals surface area contributed by atoms with E-state index in [1.54, 1.807) is 0 Å². The molecule has 1 aliphatic heterocycles. The fourth-order valence-corrected chi connectivity index (χ4v) is 4.07. The monoisotopic (exact) mass is 391 g/mol. The van der Waals surface area contributed by atoms with Gasteiger partial charge in [0.2, 0.25) is 0 Å². The Hall–Kier alpha value is -3.32. The second-order valence-electron chi connectivity index (χ2n) is 6.41. The van der Waals surface area contributed by atoms with Crippen LogP contribution in [-0.4, -0.2) is 29.1 Å². The fourth-order valence-electron chi connectivity index (χ4n) is 3.15.